The lowest BCUT2D eigenvalue weighted by molar-refractivity contribution is 0.569. The van der Waals surface area contributed by atoms with Crippen molar-refractivity contribution in [1.29, 1.82) is 0 Å². The van der Waals surface area contributed by atoms with Gasteiger partial charge in [-0.3, -0.25) is 0 Å². The normalized spacial score (nSPS) is 12.8. The maximum Gasteiger partial charge on any atom is 0.252 e. The van der Waals surface area contributed by atoms with Gasteiger partial charge in [0, 0.05) is 96.9 Å². The van der Waals surface area contributed by atoms with E-state index < -0.39 is 0 Å². The average molecular weight is 1550 g/mol. The van der Waals surface area contributed by atoms with Crippen LogP contribution in [0.15, 0.2) is 364 Å². The molecule has 6 heteroatoms. The van der Waals surface area contributed by atoms with Crippen LogP contribution in [0.1, 0.15) is 116 Å². The van der Waals surface area contributed by atoms with Crippen LogP contribution in [-0.2, 0) is 34.7 Å². The van der Waals surface area contributed by atoms with Gasteiger partial charge in [-0.2, -0.15) is 0 Å². The third-order valence-electron chi connectivity index (χ3n) is 25.3. The van der Waals surface area contributed by atoms with Crippen LogP contribution in [-0.4, -0.2) is 15.8 Å². The minimum Gasteiger partial charge on any atom is -0.338 e. The van der Waals surface area contributed by atoms with Crippen molar-refractivity contribution in [2.75, 3.05) is 14.7 Å². The van der Waals surface area contributed by atoms with Crippen molar-refractivity contribution in [2.24, 2.45) is 0 Å². The van der Waals surface area contributed by atoms with E-state index in [0.29, 0.717) is 13.1 Å². The molecule has 5 nitrogen and oxygen atoms in total. The first-order valence-electron chi connectivity index (χ1n) is 42.7. The topological polar surface area (TPSA) is 19.6 Å². The van der Waals surface area contributed by atoms with Crippen molar-refractivity contribution in [3.8, 4) is 61.3 Å². The number of hydrogen-bond acceptors (Lipinski definition) is 3. The van der Waals surface area contributed by atoms with E-state index in [9.17, 15) is 0 Å². The van der Waals surface area contributed by atoms with E-state index in [1.807, 2.05) is 0 Å². The number of fused-ring (bicyclic) bond motifs is 10. The van der Waals surface area contributed by atoms with Gasteiger partial charge in [-0.1, -0.05) is 308 Å². The molecule has 2 aromatic heterocycles. The van der Waals surface area contributed by atoms with E-state index >= 15 is 0 Å². The van der Waals surface area contributed by atoms with Crippen molar-refractivity contribution < 1.29 is 0 Å². The molecule has 0 saturated heterocycles. The van der Waals surface area contributed by atoms with Crippen LogP contribution < -0.4 is 31.1 Å². The van der Waals surface area contributed by atoms with Gasteiger partial charge in [0.15, 0.2) is 0 Å². The fourth-order valence-electron chi connectivity index (χ4n) is 18.9. The highest BCUT2D eigenvalue weighted by molar-refractivity contribution is 7.00. The molecule has 0 fully saturated rings. The van der Waals surface area contributed by atoms with Crippen LogP contribution in [0.3, 0.4) is 0 Å². The van der Waals surface area contributed by atoms with Crippen LogP contribution in [0.5, 0.6) is 0 Å². The molecule has 4 heterocycles. The van der Waals surface area contributed by atoms with E-state index in [4.69, 9.17) is 0 Å². The first kappa shape index (κ1) is 75.3. The highest BCUT2D eigenvalue weighted by Crippen LogP contribution is 2.50. The Labute approximate surface area is 707 Å². The molecule has 120 heavy (non-hydrogen) atoms. The number of aromatic nitrogens is 2. The quantitative estimate of drug-likeness (QED) is 0.101. The van der Waals surface area contributed by atoms with Crippen molar-refractivity contribution in [3.05, 3.63) is 397 Å². The van der Waals surface area contributed by atoms with Crippen LogP contribution in [0.2, 0.25) is 0 Å². The summed E-state index contributed by atoms with van der Waals surface area (Å²) in [6.07, 6.45) is 0. The largest absolute Gasteiger partial charge is 0.338 e. The standard InChI is InChI=1S/C114H100BN5/c1-111(2,3)87-48-54-104-97(69-87)98-70-88(112(4,5)6)49-55-105(98)119(104)94-50-53-100-106(72-94)117(73-75-57-82(77-33-19-13-20-34-77)61-83(58-75)78-35-21-14-22-36-78)108-59-76(74-116-102-46-32-31-45-96(102)99-71-93(51-56-103(99)116)118(91-41-27-17-28-42-91)92-43-29-18-30-44-92)60-109-110(108)115(100)101-52-47-81(86-63-89(113(7,8)9)68-90(64-86)114(10,11)12)67-107(101)120(109)95-65-84(79-37-23-15-24-38-79)62-85(66-95)80-39-25-16-26-40-80/h13-72H,73-74H2,1-12H3. The summed E-state index contributed by atoms with van der Waals surface area (Å²) in [6.45, 7) is 29.1. The van der Waals surface area contributed by atoms with E-state index in [1.54, 1.807) is 0 Å². The highest BCUT2D eigenvalue weighted by Gasteiger charge is 2.44. The summed E-state index contributed by atoms with van der Waals surface area (Å²) in [4.78, 5) is 7.81. The first-order valence-corrected chi connectivity index (χ1v) is 42.7. The molecular weight excluding hydrogens is 1450 g/mol. The number of hydrogen-bond donors (Lipinski definition) is 0. The molecule has 2 aliphatic rings. The number of anilines is 8. The number of rotatable bonds is 14. The number of para-hydroxylation sites is 3. The molecule has 0 saturated carbocycles. The lowest BCUT2D eigenvalue weighted by Crippen LogP contribution is -2.61. The van der Waals surface area contributed by atoms with Gasteiger partial charge in [0.1, 0.15) is 0 Å². The van der Waals surface area contributed by atoms with E-state index in [2.05, 4.69) is 471 Å². The Kier molecular flexibility index (Phi) is 18.4. The molecule has 584 valence electrons. The Morgan fingerprint density at radius 2 is 0.675 bits per heavy atom. The molecule has 0 N–H and O–H groups in total. The van der Waals surface area contributed by atoms with Gasteiger partial charge in [0.05, 0.1) is 11.0 Å². The molecule has 0 atom stereocenters. The second-order valence-electron chi connectivity index (χ2n) is 37.5. The van der Waals surface area contributed by atoms with Crippen LogP contribution in [0.4, 0.5) is 45.5 Å². The Hall–Kier alpha value is -13.4. The number of benzene rings is 16. The SMILES string of the molecule is CC(C)(C)c1cc(-c2ccc3c(c2)N(c2cc(-c4ccccc4)cc(-c4ccccc4)c2)c2cc(Cn4c5ccccc5c5cc(N(c6ccccc6)c6ccccc6)ccc54)cc4c2B3c2ccc(-n3c5ccc(C(C)(C)C)cc5c5cc(C(C)(C)C)ccc53)cc2N4Cc2cc(-c3ccccc3)cc(-c3ccccc3)c2)cc(C(C)(C)C)c1. The Bertz CT molecular complexity index is 6730. The lowest BCUT2D eigenvalue weighted by atomic mass is 9.33. The second-order valence-corrected chi connectivity index (χ2v) is 37.5. The second kappa shape index (κ2) is 29.3. The van der Waals surface area contributed by atoms with Crippen molar-refractivity contribution in [3.63, 3.8) is 0 Å². The monoisotopic (exact) mass is 1550 g/mol. The zero-order chi connectivity index (χ0) is 82.1. The molecule has 0 amide bonds. The maximum absolute atomic E-state index is 2.74. The summed E-state index contributed by atoms with van der Waals surface area (Å²) < 4.78 is 5.17. The predicted molar refractivity (Wildman–Crippen MR) is 514 cm³/mol. The van der Waals surface area contributed by atoms with Gasteiger partial charge in [0.2, 0.25) is 0 Å². The summed E-state index contributed by atoms with van der Waals surface area (Å²) in [7, 11) is 0. The minimum absolute atomic E-state index is 0.0642. The summed E-state index contributed by atoms with van der Waals surface area (Å²) in [5.74, 6) is 0. The maximum atomic E-state index is 2.74. The summed E-state index contributed by atoms with van der Waals surface area (Å²) >= 11 is 0. The molecule has 0 radical (unpaired) electrons. The van der Waals surface area contributed by atoms with Gasteiger partial charge in [-0.15, -0.1) is 0 Å². The van der Waals surface area contributed by atoms with Crippen molar-refractivity contribution in [2.45, 2.75) is 118 Å². The van der Waals surface area contributed by atoms with Gasteiger partial charge >= 0.3 is 0 Å². The van der Waals surface area contributed by atoms with Gasteiger partial charge in [-0.05, 0) is 267 Å². The van der Waals surface area contributed by atoms with E-state index in [0.717, 1.165) is 62.1 Å². The summed E-state index contributed by atoms with van der Waals surface area (Å²) in [5.41, 5.74) is 37.7. The van der Waals surface area contributed by atoms with E-state index in [-0.39, 0.29) is 28.4 Å². The fraction of sp³-hybridized carbons (Fsp3) is 0.158. The van der Waals surface area contributed by atoms with Crippen LogP contribution >= 0.6 is 0 Å². The van der Waals surface area contributed by atoms with Crippen molar-refractivity contribution >= 4 is 112 Å². The van der Waals surface area contributed by atoms with Gasteiger partial charge < -0.3 is 23.8 Å². The number of nitrogens with zero attached hydrogens (tertiary/aromatic N) is 5. The van der Waals surface area contributed by atoms with E-state index in [1.165, 1.54) is 138 Å². The molecule has 0 spiro atoms. The molecule has 20 rings (SSSR count). The third kappa shape index (κ3) is 13.7. The minimum atomic E-state index is -0.220. The zero-order valence-corrected chi connectivity index (χ0v) is 70.9. The summed E-state index contributed by atoms with van der Waals surface area (Å²) in [5, 5.41) is 4.94. The third-order valence-corrected chi connectivity index (χ3v) is 25.3. The lowest BCUT2D eigenvalue weighted by Gasteiger charge is -2.45. The van der Waals surface area contributed by atoms with Gasteiger partial charge in [0.25, 0.3) is 6.71 Å². The molecular formula is C114H100BN5. The Balaban J connectivity index is 0.899. The molecule has 2 aliphatic heterocycles. The zero-order valence-electron chi connectivity index (χ0n) is 70.9. The molecule has 0 bridgehead atoms. The predicted octanol–water partition coefficient (Wildman–Crippen LogP) is 28.9. The molecule has 0 aliphatic carbocycles. The van der Waals surface area contributed by atoms with Crippen LogP contribution in [0, 0.1) is 0 Å². The first-order chi connectivity index (χ1) is 58.0. The average Bonchev–Trinajstić information content (AvgIpc) is 0.725. The fourth-order valence-corrected chi connectivity index (χ4v) is 18.9. The molecule has 16 aromatic carbocycles. The highest BCUT2D eigenvalue weighted by atomic mass is 15.2. The smallest absolute Gasteiger partial charge is 0.252 e. The van der Waals surface area contributed by atoms with Gasteiger partial charge in [-0.25, -0.2) is 0 Å². The summed E-state index contributed by atoms with van der Waals surface area (Å²) in [6, 6.07) is 139. The Morgan fingerprint density at radius 1 is 0.250 bits per heavy atom. The Morgan fingerprint density at radius 3 is 1.19 bits per heavy atom. The molecule has 0 unspecified atom stereocenters. The van der Waals surface area contributed by atoms with Crippen molar-refractivity contribution in [1.82, 2.24) is 9.13 Å². The van der Waals surface area contributed by atoms with Crippen LogP contribution in [0.25, 0.3) is 105 Å². The molecule has 18 aromatic rings.